The van der Waals surface area contributed by atoms with E-state index in [1.54, 1.807) is 36.2 Å². The van der Waals surface area contributed by atoms with Crippen LogP contribution in [0.4, 0.5) is 4.79 Å². The SMILES string of the molecule is CN(C)C(=O)N1CCN(C(=O)c2cccc3c2CCN(C(=O)c2c[nH]c4cc(Cl)ccc24)C3)CC1. The Morgan fingerprint density at radius 1 is 0.886 bits per heavy atom. The monoisotopic (exact) mass is 493 g/mol. The molecule has 182 valence electrons. The van der Waals surface area contributed by atoms with Crippen LogP contribution in [-0.2, 0) is 13.0 Å². The van der Waals surface area contributed by atoms with Crippen molar-refractivity contribution in [2.45, 2.75) is 13.0 Å². The number of nitrogens with zero attached hydrogens (tertiary/aromatic N) is 4. The van der Waals surface area contributed by atoms with E-state index in [4.69, 9.17) is 11.6 Å². The van der Waals surface area contributed by atoms with Crippen LogP contribution < -0.4 is 0 Å². The molecule has 8 nitrogen and oxygen atoms in total. The molecular weight excluding hydrogens is 466 g/mol. The zero-order chi connectivity index (χ0) is 24.7. The highest BCUT2D eigenvalue weighted by molar-refractivity contribution is 6.31. The number of fused-ring (bicyclic) bond motifs is 2. The van der Waals surface area contributed by atoms with Crippen LogP contribution in [0.5, 0.6) is 0 Å². The van der Waals surface area contributed by atoms with Gasteiger partial charge in [-0.15, -0.1) is 0 Å². The van der Waals surface area contributed by atoms with Gasteiger partial charge < -0.3 is 24.6 Å². The second kappa shape index (κ2) is 9.26. The van der Waals surface area contributed by atoms with E-state index in [0.717, 1.165) is 22.0 Å². The molecule has 0 atom stereocenters. The minimum atomic E-state index is -0.0392. The third kappa shape index (κ3) is 4.34. The van der Waals surface area contributed by atoms with Crippen LogP contribution in [0.2, 0.25) is 5.02 Å². The minimum absolute atomic E-state index is 0.00733. The van der Waals surface area contributed by atoms with Gasteiger partial charge in [-0.2, -0.15) is 0 Å². The Morgan fingerprint density at radius 2 is 1.60 bits per heavy atom. The standard InChI is InChI=1S/C26H28ClN5O3/c1-29(2)26(35)31-12-10-30(11-13-31)24(33)21-5-3-4-17-16-32(9-8-19(17)21)25(34)22-15-28-23-14-18(27)6-7-20(22)23/h3-7,14-15,28H,8-13,16H2,1-2H3. The molecule has 2 aliphatic rings. The molecule has 1 N–H and O–H groups in total. The Hall–Kier alpha value is -3.52. The lowest BCUT2D eigenvalue weighted by atomic mass is 9.93. The number of piperazine rings is 1. The summed E-state index contributed by atoms with van der Waals surface area (Å²) in [6.45, 7) is 3.07. The van der Waals surface area contributed by atoms with E-state index in [1.807, 2.05) is 40.1 Å². The highest BCUT2D eigenvalue weighted by atomic mass is 35.5. The van der Waals surface area contributed by atoms with Crippen molar-refractivity contribution in [2.75, 3.05) is 46.8 Å². The summed E-state index contributed by atoms with van der Waals surface area (Å²) >= 11 is 6.08. The predicted octanol–water partition coefficient (Wildman–Crippen LogP) is 3.46. The number of H-pyrrole nitrogens is 1. The molecule has 0 radical (unpaired) electrons. The van der Waals surface area contributed by atoms with Gasteiger partial charge >= 0.3 is 6.03 Å². The summed E-state index contributed by atoms with van der Waals surface area (Å²) in [5.74, 6) is -0.0466. The van der Waals surface area contributed by atoms with Crippen LogP contribution >= 0.6 is 11.6 Å². The lowest BCUT2D eigenvalue weighted by molar-refractivity contribution is 0.0648. The molecule has 1 aromatic heterocycles. The Bertz CT molecular complexity index is 1310. The highest BCUT2D eigenvalue weighted by Gasteiger charge is 2.30. The third-order valence-corrected chi connectivity index (χ3v) is 7.11. The van der Waals surface area contributed by atoms with Crippen LogP contribution in [0.15, 0.2) is 42.6 Å². The van der Waals surface area contributed by atoms with Crippen LogP contribution in [0.1, 0.15) is 31.8 Å². The smallest absolute Gasteiger partial charge is 0.319 e. The minimum Gasteiger partial charge on any atom is -0.360 e. The van der Waals surface area contributed by atoms with Crippen LogP contribution in [0, 0.1) is 0 Å². The van der Waals surface area contributed by atoms with Crippen molar-refractivity contribution in [3.05, 3.63) is 69.9 Å². The second-order valence-corrected chi connectivity index (χ2v) is 9.70. The number of aromatic amines is 1. The van der Waals surface area contributed by atoms with Crippen molar-refractivity contribution in [2.24, 2.45) is 0 Å². The van der Waals surface area contributed by atoms with Gasteiger partial charge in [-0.1, -0.05) is 29.8 Å². The third-order valence-electron chi connectivity index (χ3n) is 6.88. The molecule has 1 saturated heterocycles. The number of hydrogen-bond acceptors (Lipinski definition) is 3. The van der Waals surface area contributed by atoms with Gasteiger partial charge in [0.15, 0.2) is 0 Å². The lowest BCUT2D eigenvalue weighted by Gasteiger charge is -2.37. The molecule has 4 amide bonds. The average molecular weight is 494 g/mol. The van der Waals surface area contributed by atoms with Crippen LogP contribution in [0.25, 0.3) is 10.9 Å². The van der Waals surface area contributed by atoms with Crippen molar-refractivity contribution < 1.29 is 14.4 Å². The van der Waals surface area contributed by atoms with Gasteiger partial charge in [0.25, 0.3) is 11.8 Å². The molecule has 0 bridgehead atoms. The topological polar surface area (TPSA) is 80.0 Å². The summed E-state index contributed by atoms with van der Waals surface area (Å²) in [7, 11) is 3.47. The number of halogens is 1. The molecular formula is C26H28ClN5O3. The fourth-order valence-electron chi connectivity index (χ4n) is 4.98. The summed E-state index contributed by atoms with van der Waals surface area (Å²) < 4.78 is 0. The molecule has 1 fully saturated rings. The zero-order valence-electron chi connectivity index (χ0n) is 19.9. The second-order valence-electron chi connectivity index (χ2n) is 9.27. The van der Waals surface area contributed by atoms with E-state index in [9.17, 15) is 14.4 Å². The van der Waals surface area contributed by atoms with Gasteiger partial charge in [0.05, 0.1) is 5.56 Å². The number of aromatic nitrogens is 1. The molecule has 3 aromatic rings. The van der Waals surface area contributed by atoms with Crippen molar-refractivity contribution >= 4 is 40.3 Å². The van der Waals surface area contributed by atoms with E-state index < -0.39 is 0 Å². The number of benzene rings is 2. The van der Waals surface area contributed by atoms with Crippen molar-refractivity contribution in [1.29, 1.82) is 0 Å². The van der Waals surface area contributed by atoms with Gasteiger partial charge in [0.2, 0.25) is 0 Å². The predicted molar refractivity (Wildman–Crippen MR) is 135 cm³/mol. The summed E-state index contributed by atoms with van der Waals surface area (Å²) in [5.41, 5.74) is 4.17. The molecule has 2 aromatic carbocycles. The molecule has 2 aliphatic heterocycles. The molecule has 0 unspecified atom stereocenters. The van der Waals surface area contributed by atoms with Gasteiger partial charge in [-0.05, 0) is 35.7 Å². The zero-order valence-corrected chi connectivity index (χ0v) is 20.6. The first-order chi connectivity index (χ1) is 16.8. The quantitative estimate of drug-likeness (QED) is 0.593. The highest BCUT2D eigenvalue weighted by Crippen LogP contribution is 2.28. The first-order valence-electron chi connectivity index (χ1n) is 11.8. The molecule has 9 heteroatoms. The summed E-state index contributed by atoms with van der Waals surface area (Å²) in [6, 6.07) is 11.2. The van der Waals surface area contributed by atoms with Gasteiger partial charge in [-0.3, -0.25) is 9.59 Å². The largest absolute Gasteiger partial charge is 0.360 e. The van der Waals surface area contributed by atoms with Crippen molar-refractivity contribution in [3.8, 4) is 0 Å². The van der Waals surface area contributed by atoms with Crippen LogP contribution in [-0.4, -0.2) is 89.2 Å². The average Bonchev–Trinajstić information content (AvgIpc) is 3.29. The molecule has 0 saturated carbocycles. The number of hydrogen-bond donors (Lipinski definition) is 1. The Labute approximate surface area is 209 Å². The number of amides is 4. The number of nitrogens with one attached hydrogen (secondary N) is 1. The summed E-state index contributed by atoms with van der Waals surface area (Å²) in [5, 5.41) is 1.47. The Balaban J connectivity index is 1.31. The number of carbonyl (C=O) groups excluding carboxylic acids is 3. The number of carbonyl (C=O) groups is 3. The molecule has 0 aliphatic carbocycles. The molecule has 5 rings (SSSR count). The van der Waals surface area contributed by atoms with E-state index in [0.29, 0.717) is 61.8 Å². The van der Waals surface area contributed by atoms with Crippen molar-refractivity contribution in [1.82, 2.24) is 24.6 Å². The van der Waals surface area contributed by atoms with Gasteiger partial charge in [-0.25, -0.2) is 4.79 Å². The van der Waals surface area contributed by atoms with E-state index in [2.05, 4.69) is 4.98 Å². The summed E-state index contributed by atoms with van der Waals surface area (Å²) in [4.78, 5) is 49.0. The Morgan fingerprint density at radius 3 is 2.34 bits per heavy atom. The van der Waals surface area contributed by atoms with E-state index >= 15 is 0 Å². The number of rotatable bonds is 2. The molecule has 0 spiro atoms. The maximum absolute atomic E-state index is 13.4. The fraction of sp³-hybridized carbons (Fsp3) is 0.346. The van der Waals surface area contributed by atoms with Crippen LogP contribution in [0.3, 0.4) is 0 Å². The summed E-state index contributed by atoms with van der Waals surface area (Å²) in [6.07, 6.45) is 2.36. The maximum Gasteiger partial charge on any atom is 0.319 e. The first-order valence-corrected chi connectivity index (χ1v) is 12.1. The fourth-order valence-corrected chi connectivity index (χ4v) is 5.16. The molecule has 3 heterocycles. The van der Waals surface area contributed by atoms with Gasteiger partial charge in [0.1, 0.15) is 0 Å². The van der Waals surface area contributed by atoms with Gasteiger partial charge in [0, 0.05) is 81.0 Å². The normalized spacial score (nSPS) is 15.8. The number of urea groups is 1. The Kier molecular flexibility index (Phi) is 6.15. The maximum atomic E-state index is 13.4. The first kappa shape index (κ1) is 23.2. The lowest BCUT2D eigenvalue weighted by Crippen LogP contribution is -2.53. The molecule has 35 heavy (non-hydrogen) atoms. The van der Waals surface area contributed by atoms with E-state index in [-0.39, 0.29) is 17.8 Å². The van der Waals surface area contributed by atoms with Crippen molar-refractivity contribution in [3.63, 3.8) is 0 Å². The van der Waals surface area contributed by atoms with E-state index in [1.165, 1.54) is 0 Å².